The van der Waals surface area contributed by atoms with Crippen LogP contribution in [-0.4, -0.2) is 55.4 Å². The Morgan fingerprint density at radius 2 is 1.72 bits per heavy atom. The van der Waals surface area contributed by atoms with Gasteiger partial charge in [0.1, 0.15) is 6.33 Å². The molecule has 0 radical (unpaired) electrons. The lowest BCUT2D eigenvalue weighted by Crippen LogP contribution is -2.30. The van der Waals surface area contributed by atoms with Crippen LogP contribution in [0, 0.1) is 0 Å². The molecule has 238 valence electrons. The Kier molecular flexibility index (Phi) is 10.1. The van der Waals surface area contributed by atoms with Crippen LogP contribution in [0.25, 0.3) is 22.9 Å². The summed E-state index contributed by atoms with van der Waals surface area (Å²) in [6.07, 6.45) is 4.05. The Bertz CT molecular complexity index is 1980. The van der Waals surface area contributed by atoms with Crippen molar-refractivity contribution in [2.24, 2.45) is 0 Å². The minimum atomic E-state index is -0.687. The first kappa shape index (κ1) is 32.2. The SMILES string of the molecule is COC(=O)Nc1ccc(-c2cc(C(Cc3ccc(NC(C)=O)cc3)NC(=O)C=Cc3cc(Cl)ccc3-n3cnnn3)n[nH]c2=O)cc1. The van der Waals surface area contributed by atoms with Gasteiger partial charge in [0.25, 0.3) is 5.56 Å². The van der Waals surface area contributed by atoms with Crippen LogP contribution in [0.15, 0.2) is 90.0 Å². The van der Waals surface area contributed by atoms with Crippen molar-refractivity contribution in [3.05, 3.63) is 117 Å². The summed E-state index contributed by atoms with van der Waals surface area (Å²) in [4.78, 5) is 49.2. The Morgan fingerprint density at radius 1 is 1.00 bits per heavy atom. The number of H-pyrrole nitrogens is 1. The van der Waals surface area contributed by atoms with Gasteiger partial charge in [0, 0.05) is 35.0 Å². The number of aromatic amines is 1. The molecule has 5 aromatic rings. The Hall–Kier alpha value is -6.15. The van der Waals surface area contributed by atoms with E-state index in [2.05, 4.69) is 46.4 Å². The van der Waals surface area contributed by atoms with Crippen molar-refractivity contribution in [3.63, 3.8) is 0 Å². The lowest BCUT2D eigenvalue weighted by Gasteiger charge is -2.18. The molecule has 47 heavy (non-hydrogen) atoms. The van der Waals surface area contributed by atoms with Crippen LogP contribution in [0.1, 0.15) is 29.8 Å². The minimum Gasteiger partial charge on any atom is -0.453 e. The molecule has 3 aromatic carbocycles. The van der Waals surface area contributed by atoms with Crippen molar-refractivity contribution >= 4 is 47.0 Å². The van der Waals surface area contributed by atoms with Crippen LogP contribution in [0.4, 0.5) is 16.2 Å². The summed E-state index contributed by atoms with van der Waals surface area (Å²) in [5, 5.41) is 26.8. The first-order chi connectivity index (χ1) is 22.7. The summed E-state index contributed by atoms with van der Waals surface area (Å²) in [5.41, 5.74) is 3.96. The van der Waals surface area contributed by atoms with Crippen LogP contribution in [0.3, 0.4) is 0 Å². The van der Waals surface area contributed by atoms with E-state index in [1.165, 1.54) is 31.1 Å². The number of anilines is 2. The van der Waals surface area contributed by atoms with Gasteiger partial charge in [-0.2, -0.15) is 9.78 Å². The molecule has 0 saturated carbocycles. The number of nitrogens with zero attached hydrogens (tertiary/aromatic N) is 5. The van der Waals surface area contributed by atoms with E-state index in [0.717, 1.165) is 5.56 Å². The normalized spacial score (nSPS) is 11.6. The van der Waals surface area contributed by atoms with E-state index in [4.69, 9.17) is 11.6 Å². The number of aromatic nitrogens is 6. The standard InChI is InChI=1S/C32H28ClN9O5/c1-19(43)35-24-9-3-20(4-10-24)15-27(37-30(44)14-7-22-16-23(33)8-13-29(22)42-18-34-40-41-42)28-17-26(31(45)39-38-28)21-5-11-25(12-6-21)36-32(46)47-2/h3-14,16-18,27H,15H2,1-2H3,(H,35,43)(H,36,46)(H,37,44)(H,39,45). The molecular weight excluding hydrogens is 626 g/mol. The Morgan fingerprint density at radius 3 is 2.40 bits per heavy atom. The molecule has 0 aliphatic rings. The number of carbonyl (C=O) groups is 3. The van der Waals surface area contributed by atoms with Crippen molar-refractivity contribution in [3.8, 4) is 16.8 Å². The third kappa shape index (κ3) is 8.52. The lowest BCUT2D eigenvalue weighted by molar-refractivity contribution is -0.117. The molecule has 0 fully saturated rings. The second-order valence-corrected chi connectivity index (χ2v) is 10.6. The van der Waals surface area contributed by atoms with Gasteiger partial charge in [0.2, 0.25) is 11.8 Å². The summed E-state index contributed by atoms with van der Waals surface area (Å²) >= 11 is 6.22. The van der Waals surface area contributed by atoms with Crippen LogP contribution >= 0.6 is 11.6 Å². The van der Waals surface area contributed by atoms with E-state index in [1.807, 2.05) is 12.1 Å². The molecule has 1 atom stereocenters. The van der Waals surface area contributed by atoms with Gasteiger partial charge in [-0.15, -0.1) is 5.10 Å². The fraction of sp³-hybridized carbons (Fsp3) is 0.125. The molecule has 15 heteroatoms. The third-order valence-corrected chi connectivity index (χ3v) is 7.07. The number of benzene rings is 3. The summed E-state index contributed by atoms with van der Waals surface area (Å²) in [7, 11) is 1.26. The number of amides is 3. The summed E-state index contributed by atoms with van der Waals surface area (Å²) < 4.78 is 6.07. The molecule has 2 aromatic heterocycles. The van der Waals surface area contributed by atoms with E-state index >= 15 is 0 Å². The smallest absolute Gasteiger partial charge is 0.411 e. The predicted octanol–water partition coefficient (Wildman–Crippen LogP) is 4.32. The maximum atomic E-state index is 13.4. The second-order valence-electron chi connectivity index (χ2n) is 10.2. The maximum absolute atomic E-state index is 13.4. The first-order valence-electron chi connectivity index (χ1n) is 14.1. The number of carbonyl (C=O) groups excluding carboxylic acids is 3. The van der Waals surface area contributed by atoms with Crippen molar-refractivity contribution in [1.82, 2.24) is 35.7 Å². The van der Waals surface area contributed by atoms with Crippen molar-refractivity contribution < 1.29 is 19.1 Å². The molecule has 14 nitrogen and oxygen atoms in total. The number of hydrogen-bond donors (Lipinski definition) is 4. The quantitative estimate of drug-likeness (QED) is 0.159. The molecule has 2 heterocycles. The van der Waals surface area contributed by atoms with Crippen LogP contribution in [0.2, 0.25) is 5.02 Å². The van der Waals surface area contributed by atoms with E-state index in [0.29, 0.717) is 50.9 Å². The predicted molar refractivity (Wildman–Crippen MR) is 175 cm³/mol. The van der Waals surface area contributed by atoms with Gasteiger partial charge in [-0.3, -0.25) is 19.7 Å². The van der Waals surface area contributed by atoms with Crippen molar-refractivity contribution in [2.45, 2.75) is 19.4 Å². The average molecular weight is 654 g/mol. The Labute approximate surface area is 272 Å². The van der Waals surface area contributed by atoms with E-state index in [1.54, 1.807) is 66.7 Å². The summed E-state index contributed by atoms with van der Waals surface area (Å²) in [6.45, 7) is 1.42. The van der Waals surface area contributed by atoms with E-state index in [-0.39, 0.29) is 5.91 Å². The first-order valence-corrected chi connectivity index (χ1v) is 14.5. The third-order valence-electron chi connectivity index (χ3n) is 6.84. The minimum absolute atomic E-state index is 0.197. The number of hydrogen-bond acceptors (Lipinski definition) is 9. The van der Waals surface area contributed by atoms with Crippen LogP contribution in [0.5, 0.6) is 0 Å². The summed E-state index contributed by atoms with van der Waals surface area (Å²) in [5.74, 6) is -0.642. The average Bonchev–Trinajstić information content (AvgIpc) is 3.60. The topological polar surface area (TPSA) is 186 Å². The lowest BCUT2D eigenvalue weighted by atomic mass is 9.99. The molecule has 1 unspecified atom stereocenters. The van der Waals surface area contributed by atoms with Gasteiger partial charge in [-0.1, -0.05) is 35.9 Å². The fourth-order valence-corrected chi connectivity index (χ4v) is 4.81. The largest absolute Gasteiger partial charge is 0.453 e. The number of methoxy groups -OCH3 is 1. The van der Waals surface area contributed by atoms with Gasteiger partial charge in [-0.25, -0.2) is 9.89 Å². The number of tetrazole rings is 1. The zero-order valence-corrected chi connectivity index (χ0v) is 25.9. The number of nitrogens with one attached hydrogen (secondary N) is 4. The number of ether oxygens (including phenoxy) is 1. The van der Waals surface area contributed by atoms with Gasteiger partial charge in [-0.05, 0) is 82.6 Å². The fourth-order valence-electron chi connectivity index (χ4n) is 4.63. The number of rotatable bonds is 10. The van der Waals surface area contributed by atoms with Crippen LogP contribution < -0.4 is 21.5 Å². The molecule has 0 spiro atoms. The highest BCUT2D eigenvalue weighted by molar-refractivity contribution is 6.30. The molecule has 0 bridgehead atoms. The van der Waals surface area contributed by atoms with Gasteiger partial charge in [0.15, 0.2) is 0 Å². The highest BCUT2D eigenvalue weighted by atomic mass is 35.5. The Balaban J connectivity index is 1.44. The number of halogens is 1. The maximum Gasteiger partial charge on any atom is 0.411 e. The zero-order valence-electron chi connectivity index (χ0n) is 25.1. The molecular formula is C32H28ClN9O5. The van der Waals surface area contributed by atoms with E-state index in [9.17, 15) is 19.2 Å². The second kappa shape index (κ2) is 14.8. The molecule has 3 amide bonds. The van der Waals surface area contributed by atoms with Gasteiger partial charge in [0.05, 0.1) is 30.1 Å². The monoisotopic (exact) mass is 653 g/mol. The van der Waals surface area contributed by atoms with Crippen molar-refractivity contribution in [2.75, 3.05) is 17.7 Å². The van der Waals surface area contributed by atoms with Crippen molar-refractivity contribution in [1.29, 1.82) is 0 Å². The summed E-state index contributed by atoms with van der Waals surface area (Å²) in [6, 6.07) is 19.8. The molecule has 0 aliphatic carbocycles. The van der Waals surface area contributed by atoms with Gasteiger partial charge >= 0.3 is 6.09 Å². The van der Waals surface area contributed by atoms with E-state index < -0.39 is 23.6 Å². The van der Waals surface area contributed by atoms with Gasteiger partial charge < -0.3 is 15.4 Å². The highest BCUT2D eigenvalue weighted by Gasteiger charge is 2.19. The molecule has 0 aliphatic heterocycles. The molecule has 4 N–H and O–H groups in total. The molecule has 0 saturated heterocycles. The molecule has 5 rings (SSSR count). The highest BCUT2D eigenvalue weighted by Crippen LogP contribution is 2.24. The van der Waals surface area contributed by atoms with Crippen LogP contribution in [-0.2, 0) is 20.7 Å². The zero-order chi connectivity index (χ0) is 33.3.